The largest absolute Gasteiger partial charge is 0.389 e. The number of likely N-dealkylation sites (N-methyl/N-ethyl adjacent to an activating group) is 1. The maximum Gasteiger partial charge on any atom is 0.0899 e. The fourth-order valence-electron chi connectivity index (χ4n) is 2.29. The molecule has 0 saturated carbocycles. The number of aliphatic hydroxyl groups excluding tert-OH is 1. The molecule has 2 N–H and O–H groups in total. The number of ether oxygens (including phenoxy) is 1. The summed E-state index contributed by atoms with van der Waals surface area (Å²) in [7, 11) is 5.47. The van der Waals surface area contributed by atoms with Gasteiger partial charge in [-0.3, -0.25) is 0 Å². The first kappa shape index (κ1) is 18.7. The molecule has 2 unspecified atom stereocenters. The van der Waals surface area contributed by atoms with Gasteiger partial charge >= 0.3 is 0 Å². The molecule has 0 aliphatic rings. The van der Waals surface area contributed by atoms with Crippen LogP contribution in [-0.4, -0.2) is 57.0 Å². The summed E-state index contributed by atoms with van der Waals surface area (Å²) in [6.07, 6.45) is 0.398. The molecule has 21 heavy (non-hydrogen) atoms. The van der Waals surface area contributed by atoms with Gasteiger partial charge in [-0.1, -0.05) is 35.3 Å². The zero-order valence-corrected chi connectivity index (χ0v) is 14.3. The Morgan fingerprint density at radius 3 is 2.71 bits per heavy atom. The van der Waals surface area contributed by atoms with E-state index in [4.69, 9.17) is 27.9 Å². The molecule has 0 fully saturated rings. The molecule has 0 heterocycles. The van der Waals surface area contributed by atoms with Crippen LogP contribution in [0.1, 0.15) is 18.0 Å². The van der Waals surface area contributed by atoms with E-state index >= 15 is 0 Å². The van der Waals surface area contributed by atoms with Crippen LogP contribution < -0.4 is 5.32 Å². The van der Waals surface area contributed by atoms with Gasteiger partial charge in [-0.15, -0.1) is 0 Å². The molecule has 0 bridgehead atoms. The number of nitrogens with zero attached hydrogens (tertiary/aromatic N) is 1. The molecule has 1 rings (SSSR count). The predicted molar refractivity (Wildman–Crippen MR) is 88.3 cm³/mol. The van der Waals surface area contributed by atoms with Gasteiger partial charge in [-0.25, -0.2) is 0 Å². The zero-order chi connectivity index (χ0) is 15.8. The highest BCUT2D eigenvalue weighted by Crippen LogP contribution is 2.31. The first-order chi connectivity index (χ1) is 9.99. The van der Waals surface area contributed by atoms with Crippen molar-refractivity contribution in [3.8, 4) is 0 Å². The van der Waals surface area contributed by atoms with Gasteiger partial charge in [0.05, 0.1) is 22.8 Å². The number of rotatable bonds is 9. The summed E-state index contributed by atoms with van der Waals surface area (Å²) in [4.78, 5) is 2.08. The third-order valence-electron chi connectivity index (χ3n) is 3.39. The lowest BCUT2D eigenvalue weighted by Gasteiger charge is -2.24. The van der Waals surface area contributed by atoms with Crippen molar-refractivity contribution in [3.05, 3.63) is 33.8 Å². The highest BCUT2D eigenvalue weighted by atomic mass is 35.5. The van der Waals surface area contributed by atoms with E-state index in [2.05, 4.69) is 10.2 Å². The van der Waals surface area contributed by atoms with Crippen molar-refractivity contribution < 1.29 is 9.84 Å². The predicted octanol–water partition coefficient (Wildman–Crippen LogP) is 2.58. The Kier molecular flexibility index (Phi) is 8.56. The summed E-state index contributed by atoms with van der Waals surface area (Å²) in [5, 5.41) is 14.1. The van der Waals surface area contributed by atoms with E-state index < -0.39 is 6.10 Å². The Hall–Kier alpha value is -0.360. The number of hydrogen-bond acceptors (Lipinski definition) is 4. The Bertz CT molecular complexity index is 432. The molecular formula is C15H24Cl2N2O2. The average Bonchev–Trinajstić information content (AvgIpc) is 2.44. The van der Waals surface area contributed by atoms with Gasteiger partial charge in [0.2, 0.25) is 0 Å². The van der Waals surface area contributed by atoms with Crippen molar-refractivity contribution in [3.63, 3.8) is 0 Å². The maximum absolute atomic E-state index is 9.72. The van der Waals surface area contributed by atoms with Crippen molar-refractivity contribution in [2.75, 3.05) is 40.9 Å². The molecular weight excluding hydrogens is 311 g/mol. The first-order valence-electron chi connectivity index (χ1n) is 6.96. The van der Waals surface area contributed by atoms with Gasteiger partial charge in [0.25, 0.3) is 0 Å². The van der Waals surface area contributed by atoms with E-state index in [1.165, 1.54) is 0 Å². The van der Waals surface area contributed by atoms with Gasteiger partial charge in [-0.05, 0) is 38.7 Å². The Morgan fingerprint density at radius 2 is 2.10 bits per heavy atom. The van der Waals surface area contributed by atoms with E-state index in [-0.39, 0.29) is 6.04 Å². The normalized spacial score (nSPS) is 14.4. The van der Waals surface area contributed by atoms with Gasteiger partial charge in [0.1, 0.15) is 0 Å². The van der Waals surface area contributed by atoms with E-state index in [0.717, 1.165) is 18.5 Å². The van der Waals surface area contributed by atoms with Gasteiger partial charge < -0.3 is 20.1 Å². The van der Waals surface area contributed by atoms with Crippen LogP contribution in [0.3, 0.4) is 0 Å². The second-order valence-corrected chi connectivity index (χ2v) is 5.93. The van der Waals surface area contributed by atoms with Gasteiger partial charge in [0.15, 0.2) is 0 Å². The number of hydrogen-bond donors (Lipinski definition) is 2. The summed E-state index contributed by atoms with van der Waals surface area (Å²) < 4.78 is 4.93. The highest BCUT2D eigenvalue weighted by molar-refractivity contribution is 6.42. The summed E-state index contributed by atoms with van der Waals surface area (Å²) in [6, 6.07) is 5.79. The highest BCUT2D eigenvalue weighted by Gasteiger charge is 2.16. The molecule has 1 aromatic rings. The minimum absolute atomic E-state index is 0.123. The lowest BCUT2D eigenvalue weighted by atomic mass is 10.0. The fraction of sp³-hybridized carbons (Fsp3) is 0.600. The van der Waals surface area contributed by atoms with Crippen molar-refractivity contribution in [1.29, 1.82) is 0 Å². The standard InChI is InChI=1S/C15H24Cl2N2O2/c1-18-14(12-5-4-6-13(16)15(12)17)7-8-19(2)9-11(20)10-21-3/h4-6,11,14,18,20H,7-10H2,1-3H3. The third kappa shape index (κ3) is 6.10. The SMILES string of the molecule is CNC(CCN(C)CC(O)COC)c1cccc(Cl)c1Cl. The third-order valence-corrected chi connectivity index (χ3v) is 4.22. The van der Waals surface area contributed by atoms with Gasteiger partial charge in [-0.2, -0.15) is 0 Å². The van der Waals surface area contributed by atoms with E-state index in [1.54, 1.807) is 13.2 Å². The molecule has 4 nitrogen and oxygen atoms in total. The van der Waals surface area contributed by atoms with E-state index in [0.29, 0.717) is 23.2 Å². The van der Waals surface area contributed by atoms with E-state index in [1.807, 2.05) is 26.2 Å². The van der Waals surface area contributed by atoms with Crippen molar-refractivity contribution in [1.82, 2.24) is 10.2 Å². The molecule has 0 spiro atoms. The average molecular weight is 335 g/mol. The van der Waals surface area contributed by atoms with Crippen LogP contribution in [0.15, 0.2) is 18.2 Å². The lowest BCUT2D eigenvalue weighted by Crippen LogP contribution is -2.34. The van der Waals surface area contributed by atoms with Crippen LogP contribution in [0.4, 0.5) is 0 Å². The second-order valence-electron chi connectivity index (χ2n) is 5.14. The number of methoxy groups -OCH3 is 1. The number of benzene rings is 1. The Labute approximate surface area is 137 Å². The maximum atomic E-state index is 9.72. The number of nitrogens with one attached hydrogen (secondary N) is 1. The van der Waals surface area contributed by atoms with Gasteiger partial charge in [0, 0.05) is 19.7 Å². The molecule has 2 atom stereocenters. The molecule has 0 radical (unpaired) electrons. The van der Waals surface area contributed by atoms with Crippen LogP contribution in [-0.2, 0) is 4.74 Å². The number of aliphatic hydroxyl groups is 1. The molecule has 0 aromatic heterocycles. The van der Waals surface area contributed by atoms with Crippen LogP contribution in [0.2, 0.25) is 10.0 Å². The van der Waals surface area contributed by atoms with Crippen LogP contribution in [0.5, 0.6) is 0 Å². The molecule has 0 saturated heterocycles. The van der Waals surface area contributed by atoms with Crippen LogP contribution in [0, 0.1) is 0 Å². The minimum Gasteiger partial charge on any atom is -0.389 e. The summed E-state index contributed by atoms with van der Waals surface area (Å²) in [5.74, 6) is 0. The molecule has 1 aromatic carbocycles. The smallest absolute Gasteiger partial charge is 0.0899 e. The summed E-state index contributed by atoms with van der Waals surface area (Å²) in [6.45, 7) is 1.75. The molecule has 0 aliphatic carbocycles. The van der Waals surface area contributed by atoms with Crippen molar-refractivity contribution >= 4 is 23.2 Å². The summed E-state index contributed by atoms with van der Waals surface area (Å²) >= 11 is 12.3. The van der Waals surface area contributed by atoms with E-state index in [9.17, 15) is 5.11 Å². The lowest BCUT2D eigenvalue weighted by molar-refractivity contribution is 0.0426. The topological polar surface area (TPSA) is 44.7 Å². The Morgan fingerprint density at radius 1 is 1.38 bits per heavy atom. The van der Waals surface area contributed by atoms with Crippen LogP contribution in [0.25, 0.3) is 0 Å². The first-order valence-corrected chi connectivity index (χ1v) is 7.71. The molecule has 6 heteroatoms. The zero-order valence-electron chi connectivity index (χ0n) is 12.8. The fourth-order valence-corrected chi connectivity index (χ4v) is 2.73. The second kappa shape index (κ2) is 9.62. The monoisotopic (exact) mass is 334 g/mol. The van der Waals surface area contributed by atoms with Crippen molar-refractivity contribution in [2.24, 2.45) is 0 Å². The Balaban J connectivity index is 2.56. The molecule has 0 aliphatic heterocycles. The summed E-state index contributed by atoms with van der Waals surface area (Å²) in [5.41, 5.74) is 0.998. The number of halogens is 2. The molecule has 0 amide bonds. The minimum atomic E-state index is -0.470. The van der Waals surface area contributed by atoms with Crippen molar-refractivity contribution in [2.45, 2.75) is 18.6 Å². The quantitative estimate of drug-likeness (QED) is 0.728. The molecule has 120 valence electrons. The van der Waals surface area contributed by atoms with Crippen LogP contribution >= 0.6 is 23.2 Å².